The molecule has 0 N–H and O–H groups in total. The van der Waals surface area contributed by atoms with Crippen molar-refractivity contribution in [2.75, 3.05) is 14.7 Å². The largest absolute Gasteiger partial charge is 0.309 e. The number of aromatic nitrogens is 8. The van der Waals surface area contributed by atoms with Crippen molar-refractivity contribution >= 4 is 214 Å². The minimum absolute atomic E-state index is 0.0780. The zero-order chi connectivity index (χ0) is 99.2. The van der Waals surface area contributed by atoms with E-state index in [1.54, 1.807) is 23.1 Å². The van der Waals surface area contributed by atoms with Gasteiger partial charge >= 0.3 is 0 Å². The van der Waals surface area contributed by atoms with Crippen LogP contribution in [0.5, 0.6) is 0 Å². The Morgan fingerprint density at radius 2 is 0.537 bits per heavy atom. The topological polar surface area (TPSA) is 89.0 Å². The maximum Gasteiger partial charge on any atom is 0.196 e. The molecule has 0 radical (unpaired) electrons. The molecule has 0 saturated carbocycles. The SMILES string of the molecule is Cc1ccccc1N(c1ccc(-c2ccc3ccc4c5c(ccc2c35)cc2c4c3cnccc3n2-c2ccccc2)cc1)c1ccccc1F.Fc1ccc(N(c2ccccc2)c2ccc(-c3ccc4ccc5c6c(ccc3c46)cc3c5c4cnccc4n3-c3ccccc3)cc2)c(F)c1F.c1ccc(-n2c3ccncc3c3c4ccc5ccc(-c6ccc(N(c7ccccn7)c7ccccn7)cc6)c6ccc(cc32)c4c56)cc1. The third-order valence-electron chi connectivity index (χ3n) is 29.8. The van der Waals surface area contributed by atoms with Gasteiger partial charge in [0.1, 0.15) is 17.5 Å². The number of hydrogen-bond donors (Lipinski definition) is 0. The summed E-state index contributed by atoms with van der Waals surface area (Å²) in [6.45, 7) is 2.06. The summed E-state index contributed by atoms with van der Waals surface area (Å²) < 4.78 is 65.9. The molecule has 702 valence electrons. The van der Waals surface area contributed by atoms with Gasteiger partial charge in [-0.3, -0.25) is 19.9 Å². The van der Waals surface area contributed by atoms with E-state index in [9.17, 15) is 8.78 Å². The van der Waals surface area contributed by atoms with E-state index in [2.05, 4.69) is 336 Å². The van der Waals surface area contributed by atoms with Gasteiger partial charge in [0.25, 0.3) is 0 Å². The highest BCUT2D eigenvalue weighted by atomic mass is 19.2. The standard InChI is InChI=1S/C46H30FN3.C45H26F3N3.C43H27N5/c1-29-9-5-7-13-40(29)49(42-14-8-6-12-39(42)47)34-20-15-30(16-21-34)35-22-17-31-18-24-37-45-32(19-23-36(35)44(31)45)27-43-46(37)38-28-48-26-25-41(38)50(43)33-10-3-2-4-11-33;46-37-21-22-39(45(48)44(37)47)50(30-7-3-1-4-8-30)32-16-11-27(12-17-32)33-18-13-28-14-20-35-42-29(15-19-34(33)41(28)42)25-40-43(35)36-26-49-24-23-38(36)51(40)31-9-5-2-6-10-31;1-2-8-31(9-3-1)47-37-22-25-44-27-36(37)43-35-21-15-29-14-19-33(34-20-16-30(26-38(43)47)42(35)41(29)34)28-12-17-32(18-13-28)48(39-10-4-6-23-45-39)40-11-5-7-24-46-40/h2-28H,1H3;1-26H;1-27H. The van der Waals surface area contributed by atoms with Gasteiger partial charge in [0.15, 0.2) is 17.5 Å². The molecule has 8 heterocycles. The van der Waals surface area contributed by atoms with Crippen LogP contribution in [-0.4, -0.2) is 38.6 Å². The van der Waals surface area contributed by atoms with Crippen LogP contribution < -0.4 is 14.7 Å². The highest BCUT2D eigenvalue weighted by Crippen LogP contribution is 2.52. The van der Waals surface area contributed by atoms with Crippen molar-refractivity contribution in [2.24, 2.45) is 0 Å². The molecule has 11 nitrogen and oxygen atoms in total. The van der Waals surface area contributed by atoms with Crippen LogP contribution in [0, 0.1) is 30.2 Å². The van der Waals surface area contributed by atoms with Crippen LogP contribution >= 0.6 is 0 Å². The summed E-state index contributed by atoms with van der Waals surface area (Å²) in [6.07, 6.45) is 15.2. The maximum atomic E-state index is 15.3. The molecular formula is C134H83F4N11. The number of halogens is 4. The first-order valence-electron chi connectivity index (χ1n) is 49.7. The second-order valence-corrected chi connectivity index (χ2v) is 37.9. The molecule has 0 amide bonds. The average molecular weight is 1920 g/mol. The molecule has 149 heavy (non-hydrogen) atoms. The number of benzene rings is 22. The Balaban J connectivity index is 0.000000108. The van der Waals surface area contributed by atoms with E-state index >= 15 is 8.78 Å². The Bertz CT molecular complexity index is 10400. The summed E-state index contributed by atoms with van der Waals surface area (Å²) in [5.74, 6) is -2.59. The molecule has 8 aromatic heterocycles. The predicted octanol–water partition coefficient (Wildman–Crippen LogP) is 36.3. The Morgan fingerprint density at radius 3 is 0.926 bits per heavy atom. The lowest BCUT2D eigenvalue weighted by atomic mass is 9.88. The summed E-state index contributed by atoms with van der Waals surface area (Å²) >= 11 is 0. The number of para-hydroxylation sites is 6. The monoisotopic (exact) mass is 1920 g/mol. The summed E-state index contributed by atoms with van der Waals surface area (Å²) in [4.78, 5) is 28.6. The lowest BCUT2D eigenvalue weighted by molar-refractivity contribution is 0.448. The van der Waals surface area contributed by atoms with Crippen molar-refractivity contribution in [2.45, 2.75) is 6.92 Å². The quantitative estimate of drug-likeness (QED) is 0.0570. The summed E-state index contributed by atoms with van der Waals surface area (Å²) in [5.41, 5.74) is 22.6. The highest BCUT2D eigenvalue weighted by molar-refractivity contribution is 6.38. The fourth-order valence-electron chi connectivity index (χ4n) is 23.3. The van der Waals surface area contributed by atoms with Gasteiger partial charge < -0.3 is 23.5 Å². The van der Waals surface area contributed by atoms with Crippen molar-refractivity contribution in [1.82, 2.24) is 38.6 Å². The normalized spacial score (nSPS) is 11.8. The summed E-state index contributed by atoms with van der Waals surface area (Å²) in [5, 5.41) is 29.0. The van der Waals surface area contributed by atoms with E-state index in [0.717, 1.165) is 134 Å². The first kappa shape index (κ1) is 87.1. The third-order valence-corrected chi connectivity index (χ3v) is 29.8. The fourth-order valence-corrected chi connectivity index (χ4v) is 23.3. The molecule has 15 heteroatoms. The first-order valence-corrected chi connectivity index (χ1v) is 49.7. The number of fused-ring (bicyclic) bond motifs is 12. The van der Waals surface area contributed by atoms with E-state index in [1.807, 2.05) is 170 Å². The average Bonchev–Trinajstić information content (AvgIpc) is 1.40. The highest BCUT2D eigenvalue weighted by Gasteiger charge is 2.29. The van der Waals surface area contributed by atoms with Crippen LogP contribution in [0.4, 0.5) is 69.0 Å². The van der Waals surface area contributed by atoms with Gasteiger partial charge in [-0.2, -0.15) is 0 Å². The van der Waals surface area contributed by atoms with Crippen LogP contribution in [0.25, 0.3) is 213 Å². The molecule has 0 unspecified atom stereocenters. The van der Waals surface area contributed by atoms with E-state index in [-0.39, 0.29) is 11.5 Å². The van der Waals surface area contributed by atoms with Crippen LogP contribution in [-0.2, 0) is 0 Å². The maximum absolute atomic E-state index is 15.3. The number of nitrogens with zero attached hydrogens (tertiary/aromatic N) is 11. The van der Waals surface area contributed by atoms with Crippen LogP contribution in [0.3, 0.4) is 0 Å². The second-order valence-electron chi connectivity index (χ2n) is 37.9. The first-order chi connectivity index (χ1) is 73.5. The second kappa shape index (κ2) is 35.4. The minimum atomic E-state index is -1.50. The van der Waals surface area contributed by atoms with Crippen molar-refractivity contribution in [3.8, 4) is 50.4 Å². The van der Waals surface area contributed by atoms with Gasteiger partial charge in [-0.25, -0.2) is 27.5 Å². The summed E-state index contributed by atoms with van der Waals surface area (Å²) in [6, 6.07) is 149. The molecular weight excluding hydrogens is 1840 g/mol. The number of aryl methyl sites for hydroxylation is 1. The molecule has 0 aliphatic carbocycles. The molecule has 0 fully saturated rings. The molecule has 30 rings (SSSR count). The van der Waals surface area contributed by atoms with E-state index in [4.69, 9.17) is 0 Å². The zero-order valence-electron chi connectivity index (χ0n) is 80.1. The van der Waals surface area contributed by atoms with Gasteiger partial charge in [0, 0.05) is 127 Å². The predicted molar refractivity (Wildman–Crippen MR) is 607 cm³/mol. The van der Waals surface area contributed by atoms with Gasteiger partial charge in [0.2, 0.25) is 0 Å². The van der Waals surface area contributed by atoms with E-state index in [0.29, 0.717) is 17.1 Å². The molecule has 30 aromatic rings. The molecule has 0 spiro atoms. The van der Waals surface area contributed by atoms with Gasteiger partial charge in [-0.1, -0.05) is 261 Å². The summed E-state index contributed by atoms with van der Waals surface area (Å²) in [7, 11) is 0. The molecule has 0 aliphatic rings. The number of hydrogen-bond acceptors (Lipinski definition) is 8. The van der Waals surface area contributed by atoms with E-state index in [1.165, 1.54) is 131 Å². The van der Waals surface area contributed by atoms with E-state index < -0.39 is 17.5 Å². The Hall–Kier alpha value is -19.8. The van der Waals surface area contributed by atoms with Crippen LogP contribution in [0.15, 0.2) is 486 Å². The lowest BCUT2D eigenvalue weighted by Gasteiger charge is -2.27. The van der Waals surface area contributed by atoms with Crippen molar-refractivity contribution in [3.63, 3.8) is 0 Å². The minimum Gasteiger partial charge on any atom is -0.309 e. The smallest absolute Gasteiger partial charge is 0.196 e. The Labute approximate surface area is 851 Å². The van der Waals surface area contributed by atoms with Gasteiger partial charge in [-0.05, 0) is 319 Å². The lowest BCUT2D eigenvalue weighted by Crippen LogP contribution is -2.13. The van der Waals surface area contributed by atoms with Crippen molar-refractivity contribution < 1.29 is 17.6 Å². The zero-order valence-corrected chi connectivity index (χ0v) is 80.1. The van der Waals surface area contributed by atoms with Crippen molar-refractivity contribution in [1.29, 1.82) is 0 Å². The van der Waals surface area contributed by atoms with Gasteiger partial charge in [-0.15, -0.1) is 0 Å². The number of rotatable bonds is 15. The molecule has 0 aliphatic heterocycles. The molecule has 0 atom stereocenters. The Morgan fingerprint density at radius 1 is 0.208 bits per heavy atom. The number of anilines is 9. The fraction of sp³-hybridized carbons (Fsp3) is 0.00746. The van der Waals surface area contributed by atoms with Crippen molar-refractivity contribution in [3.05, 3.63) is 515 Å². The van der Waals surface area contributed by atoms with Crippen LogP contribution in [0.1, 0.15) is 5.56 Å². The molecule has 0 bridgehead atoms. The molecule has 22 aromatic carbocycles. The number of pyridine rings is 5. The van der Waals surface area contributed by atoms with Crippen LogP contribution in [0.2, 0.25) is 0 Å². The van der Waals surface area contributed by atoms with Gasteiger partial charge in [0.05, 0.1) is 44.5 Å². The molecule has 0 saturated heterocycles. The third kappa shape index (κ3) is 14.2. The Kier molecular flexibility index (Phi) is 20.7.